The number of hydrogen-bond donors (Lipinski definition) is 1. The Bertz CT molecular complexity index is 905. The van der Waals surface area contributed by atoms with Crippen LogP contribution in [0.3, 0.4) is 0 Å². The zero-order chi connectivity index (χ0) is 14.9. The van der Waals surface area contributed by atoms with E-state index in [-0.39, 0.29) is 4.90 Å². The lowest BCUT2D eigenvalue weighted by atomic mass is 10.0. The van der Waals surface area contributed by atoms with Gasteiger partial charge in [-0.3, -0.25) is 4.98 Å². The Morgan fingerprint density at radius 3 is 2.52 bits per heavy atom. The molecule has 0 radical (unpaired) electrons. The van der Waals surface area contributed by atoms with Crippen molar-refractivity contribution in [2.24, 2.45) is 5.14 Å². The Kier molecular flexibility index (Phi) is 3.45. The molecule has 3 rings (SSSR count). The summed E-state index contributed by atoms with van der Waals surface area (Å²) in [4.78, 5) is 4.55. The fourth-order valence-electron chi connectivity index (χ4n) is 2.36. The molecule has 0 atom stereocenters. The van der Waals surface area contributed by atoms with E-state index in [0.717, 1.165) is 16.5 Å². The second-order valence-electron chi connectivity index (χ2n) is 4.87. The molecule has 2 aromatic carbocycles. The van der Waals surface area contributed by atoms with Crippen LogP contribution in [0.5, 0.6) is 0 Å². The zero-order valence-corrected chi connectivity index (χ0v) is 12.0. The van der Waals surface area contributed by atoms with Gasteiger partial charge in [-0.05, 0) is 29.3 Å². The monoisotopic (exact) mass is 298 g/mol. The first kappa shape index (κ1) is 13.7. The summed E-state index contributed by atoms with van der Waals surface area (Å²) in [6.07, 6.45) is 2.24. The summed E-state index contributed by atoms with van der Waals surface area (Å²) in [7, 11) is -3.72. The molecule has 4 nitrogen and oxygen atoms in total. The fraction of sp³-hybridized carbons (Fsp3) is 0.0625. The number of aromatic nitrogens is 1. The Morgan fingerprint density at radius 2 is 1.71 bits per heavy atom. The van der Waals surface area contributed by atoms with Crippen LogP contribution in [-0.4, -0.2) is 13.4 Å². The Morgan fingerprint density at radius 1 is 1.00 bits per heavy atom. The second kappa shape index (κ2) is 5.27. The van der Waals surface area contributed by atoms with Crippen molar-refractivity contribution in [3.05, 3.63) is 71.9 Å². The number of fused-ring (bicyclic) bond motifs is 1. The van der Waals surface area contributed by atoms with Crippen LogP contribution >= 0.6 is 0 Å². The van der Waals surface area contributed by atoms with Gasteiger partial charge in [0.15, 0.2) is 0 Å². The van der Waals surface area contributed by atoms with Gasteiger partial charge in [0.2, 0.25) is 10.0 Å². The first-order valence-electron chi connectivity index (χ1n) is 6.48. The van der Waals surface area contributed by atoms with Crippen LogP contribution in [0.2, 0.25) is 0 Å². The first-order chi connectivity index (χ1) is 10.0. The number of primary sulfonamides is 1. The highest BCUT2D eigenvalue weighted by Crippen LogP contribution is 2.20. The molecule has 0 unspecified atom stereocenters. The van der Waals surface area contributed by atoms with E-state index in [2.05, 4.69) is 4.98 Å². The van der Waals surface area contributed by atoms with Crippen molar-refractivity contribution >= 4 is 20.9 Å². The number of nitrogens with zero attached hydrogens (tertiary/aromatic N) is 1. The quantitative estimate of drug-likeness (QED) is 0.807. The van der Waals surface area contributed by atoms with Gasteiger partial charge in [0.1, 0.15) is 0 Å². The number of hydrogen-bond acceptors (Lipinski definition) is 3. The van der Waals surface area contributed by atoms with Crippen LogP contribution in [0.25, 0.3) is 10.9 Å². The molecule has 0 aliphatic rings. The molecule has 0 spiro atoms. The van der Waals surface area contributed by atoms with Gasteiger partial charge in [-0.1, -0.05) is 36.4 Å². The number of pyridine rings is 1. The summed E-state index contributed by atoms with van der Waals surface area (Å²) < 4.78 is 23.2. The predicted molar refractivity (Wildman–Crippen MR) is 82.4 cm³/mol. The van der Waals surface area contributed by atoms with Crippen LogP contribution in [0, 0.1) is 0 Å². The van der Waals surface area contributed by atoms with Crippen molar-refractivity contribution in [3.63, 3.8) is 0 Å². The topological polar surface area (TPSA) is 73.1 Å². The summed E-state index contributed by atoms with van der Waals surface area (Å²) >= 11 is 0. The van der Waals surface area contributed by atoms with Gasteiger partial charge < -0.3 is 0 Å². The Balaban J connectivity index is 2.03. The second-order valence-corrected chi connectivity index (χ2v) is 6.40. The van der Waals surface area contributed by atoms with E-state index in [1.54, 1.807) is 24.4 Å². The molecule has 0 aliphatic carbocycles. The minimum Gasteiger partial charge on any atom is -0.256 e. The van der Waals surface area contributed by atoms with Gasteiger partial charge in [0, 0.05) is 18.0 Å². The lowest BCUT2D eigenvalue weighted by Crippen LogP contribution is -2.14. The van der Waals surface area contributed by atoms with Gasteiger partial charge in [0.25, 0.3) is 0 Å². The molecular weight excluding hydrogens is 284 g/mol. The molecule has 3 aromatic rings. The van der Waals surface area contributed by atoms with E-state index in [4.69, 9.17) is 5.14 Å². The predicted octanol–water partition coefficient (Wildman–Crippen LogP) is 2.47. The summed E-state index contributed by atoms with van der Waals surface area (Å²) in [5, 5.41) is 6.29. The number of benzene rings is 2. The van der Waals surface area contributed by atoms with Gasteiger partial charge in [-0.2, -0.15) is 0 Å². The maximum Gasteiger partial charge on any atom is 0.238 e. The Hall–Kier alpha value is -2.24. The van der Waals surface area contributed by atoms with Crippen LogP contribution in [0.15, 0.2) is 65.7 Å². The van der Waals surface area contributed by atoms with E-state index in [9.17, 15) is 8.42 Å². The van der Waals surface area contributed by atoms with Crippen molar-refractivity contribution in [2.75, 3.05) is 0 Å². The third-order valence-corrected chi connectivity index (χ3v) is 4.33. The van der Waals surface area contributed by atoms with E-state index in [0.29, 0.717) is 12.0 Å². The van der Waals surface area contributed by atoms with Gasteiger partial charge in [-0.25, -0.2) is 13.6 Å². The van der Waals surface area contributed by atoms with Crippen molar-refractivity contribution in [2.45, 2.75) is 11.3 Å². The summed E-state index contributed by atoms with van der Waals surface area (Å²) in [6.45, 7) is 0. The van der Waals surface area contributed by atoms with E-state index in [1.807, 2.05) is 30.3 Å². The minimum absolute atomic E-state index is 0.165. The standard InChI is InChI=1S/C16H14N2O2S/c17-21(19,20)16-8-4-2-6-14(16)10-12-9-13-5-1-3-7-15(13)18-11-12/h1-9,11H,10H2,(H2,17,19,20). The third kappa shape index (κ3) is 2.94. The largest absolute Gasteiger partial charge is 0.256 e. The van der Waals surface area contributed by atoms with E-state index < -0.39 is 10.0 Å². The summed E-state index contributed by atoms with van der Waals surface area (Å²) in [5.41, 5.74) is 2.54. The number of sulfonamides is 1. The number of para-hydroxylation sites is 1. The SMILES string of the molecule is NS(=O)(=O)c1ccccc1Cc1cnc2ccccc2c1. The molecule has 0 fully saturated rings. The van der Waals surface area contributed by atoms with Gasteiger partial charge >= 0.3 is 0 Å². The maximum absolute atomic E-state index is 11.6. The highest BCUT2D eigenvalue weighted by molar-refractivity contribution is 7.89. The lowest BCUT2D eigenvalue weighted by Gasteiger charge is -2.08. The molecule has 0 saturated heterocycles. The van der Waals surface area contributed by atoms with Crippen molar-refractivity contribution < 1.29 is 8.42 Å². The fourth-order valence-corrected chi connectivity index (χ4v) is 3.13. The van der Waals surface area contributed by atoms with Crippen molar-refractivity contribution in [1.29, 1.82) is 0 Å². The average Bonchev–Trinajstić information content (AvgIpc) is 2.46. The molecule has 0 bridgehead atoms. The van der Waals surface area contributed by atoms with Crippen molar-refractivity contribution in [3.8, 4) is 0 Å². The number of rotatable bonds is 3. The molecule has 0 amide bonds. The molecule has 5 heteroatoms. The maximum atomic E-state index is 11.6. The highest BCUT2D eigenvalue weighted by atomic mass is 32.2. The van der Waals surface area contributed by atoms with Gasteiger partial charge in [0.05, 0.1) is 10.4 Å². The molecule has 1 aromatic heterocycles. The normalized spacial score (nSPS) is 11.7. The zero-order valence-electron chi connectivity index (χ0n) is 11.2. The van der Waals surface area contributed by atoms with Crippen LogP contribution in [0.4, 0.5) is 0 Å². The first-order valence-corrected chi connectivity index (χ1v) is 8.03. The minimum atomic E-state index is -3.72. The molecule has 21 heavy (non-hydrogen) atoms. The smallest absolute Gasteiger partial charge is 0.238 e. The molecule has 0 saturated carbocycles. The molecular formula is C16H14N2O2S. The van der Waals surface area contributed by atoms with Gasteiger partial charge in [-0.15, -0.1) is 0 Å². The lowest BCUT2D eigenvalue weighted by molar-refractivity contribution is 0.597. The number of nitrogens with two attached hydrogens (primary N) is 1. The van der Waals surface area contributed by atoms with Crippen LogP contribution < -0.4 is 5.14 Å². The van der Waals surface area contributed by atoms with Crippen LogP contribution in [-0.2, 0) is 16.4 Å². The molecule has 0 aliphatic heterocycles. The average molecular weight is 298 g/mol. The highest BCUT2D eigenvalue weighted by Gasteiger charge is 2.13. The van der Waals surface area contributed by atoms with E-state index in [1.165, 1.54) is 6.07 Å². The summed E-state index contributed by atoms with van der Waals surface area (Å²) in [6, 6.07) is 16.6. The summed E-state index contributed by atoms with van der Waals surface area (Å²) in [5.74, 6) is 0. The molecule has 106 valence electrons. The van der Waals surface area contributed by atoms with E-state index >= 15 is 0 Å². The Labute approximate surface area is 123 Å². The van der Waals surface area contributed by atoms with Crippen LogP contribution in [0.1, 0.15) is 11.1 Å². The molecule has 1 heterocycles. The van der Waals surface area contributed by atoms with Crippen molar-refractivity contribution in [1.82, 2.24) is 4.98 Å². The molecule has 2 N–H and O–H groups in total. The third-order valence-electron chi connectivity index (χ3n) is 3.32.